The van der Waals surface area contributed by atoms with Gasteiger partial charge in [0.1, 0.15) is 0 Å². The molecule has 0 spiro atoms. The second-order valence-electron chi connectivity index (χ2n) is 7.92. The van der Waals surface area contributed by atoms with E-state index in [2.05, 4.69) is 17.1 Å². The van der Waals surface area contributed by atoms with E-state index < -0.39 is 10.0 Å². The SMILES string of the molecule is CCNC(=NCc1ccc(S(=O)(=O)N2CCCCC2)cc1)N1CCC(OCC)CC1.I. The first-order valence-corrected chi connectivity index (χ1v) is 12.7. The van der Waals surface area contributed by atoms with Crippen molar-refractivity contribution < 1.29 is 13.2 Å². The summed E-state index contributed by atoms with van der Waals surface area (Å²) in [6.07, 6.45) is 5.38. The molecule has 0 aromatic heterocycles. The summed E-state index contributed by atoms with van der Waals surface area (Å²) in [5, 5.41) is 3.38. The predicted octanol–water partition coefficient (Wildman–Crippen LogP) is 3.45. The average molecular weight is 565 g/mol. The van der Waals surface area contributed by atoms with Crippen molar-refractivity contribution in [3.8, 4) is 0 Å². The van der Waals surface area contributed by atoms with Crippen molar-refractivity contribution in [2.45, 2.75) is 63.5 Å². The lowest BCUT2D eigenvalue weighted by molar-refractivity contribution is 0.0263. The van der Waals surface area contributed by atoms with Crippen LogP contribution in [0.5, 0.6) is 0 Å². The monoisotopic (exact) mass is 564 g/mol. The number of hydrogen-bond donors (Lipinski definition) is 1. The van der Waals surface area contributed by atoms with Gasteiger partial charge in [-0.25, -0.2) is 13.4 Å². The molecule has 2 saturated heterocycles. The highest BCUT2D eigenvalue weighted by atomic mass is 127. The topological polar surface area (TPSA) is 74.2 Å². The Bertz CT molecular complexity index is 787. The fourth-order valence-corrected chi connectivity index (χ4v) is 5.60. The molecule has 0 amide bonds. The first-order chi connectivity index (χ1) is 14.5. The molecule has 2 aliphatic rings. The van der Waals surface area contributed by atoms with Gasteiger partial charge in [-0.05, 0) is 57.2 Å². The molecule has 2 aliphatic heterocycles. The average Bonchev–Trinajstić information content (AvgIpc) is 2.78. The quantitative estimate of drug-likeness (QED) is 0.312. The second-order valence-corrected chi connectivity index (χ2v) is 9.86. The molecular formula is C22H37IN4O3S. The molecule has 1 aromatic rings. The van der Waals surface area contributed by atoms with Crippen LogP contribution in [0.25, 0.3) is 0 Å². The lowest BCUT2D eigenvalue weighted by atomic mass is 10.1. The Balaban J connectivity index is 0.00000341. The maximum atomic E-state index is 12.8. The molecule has 3 rings (SSSR count). The van der Waals surface area contributed by atoms with Crippen molar-refractivity contribution >= 4 is 40.0 Å². The highest BCUT2D eigenvalue weighted by molar-refractivity contribution is 14.0. The summed E-state index contributed by atoms with van der Waals surface area (Å²) in [6.45, 7) is 9.34. The van der Waals surface area contributed by atoms with Gasteiger partial charge in [-0.2, -0.15) is 4.31 Å². The van der Waals surface area contributed by atoms with Crippen molar-refractivity contribution in [3.05, 3.63) is 29.8 Å². The summed E-state index contributed by atoms with van der Waals surface area (Å²) in [4.78, 5) is 7.45. The van der Waals surface area contributed by atoms with Crippen LogP contribution in [-0.2, 0) is 21.3 Å². The summed E-state index contributed by atoms with van der Waals surface area (Å²) in [5.41, 5.74) is 1.01. The number of nitrogens with zero attached hydrogens (tertiary/aromatic N) is 3. The molecule has 176 valence electrons. The largest absolute Gasteiger partial charge is 0.378 e. The van der Waals surface area contributed by atoms with Crippen LogP contribution in [0.1, 0.15) is 51.5 Å². The number of benzene rings is 1. The van der Waals surface area contributed by atoms with Crippen LogP contribution in [-0.4, -0.2) is 69.0 Å². The Morgan fingerprint density at radius 2 is 1.71 bits per heavy atom. The summed E-state index contributed by atoms with van der Waals surface area (Å²) < 4.78 is 33.0. The normalized spacial score (nSPS) is 19.2. The number of ether oxygens (including phenoxy) is 1. The van der Waals surface area contributed by atoms with Gasteiger partial charge in [0, 0.05) is 39.3 Å². The Morgan fingerprint density at radius 3 is 2.29 bits per heavy atom. The Labute approximate surface area is 204 Å². The molecular weight excluding hydrogens is 527 g/mol. The highest BCUT2D eigenvalue weighted by Crippen LogP contribution is 2.21. The summed E-state index contributed by atoms with van der Waals surface area (Å²) in [5.74, 6) is 0.914. The van der Waals surface area contributed by atoms with E-state index >= 15 is 0 Å². The zero-order valence-corrected chi connectivity index (χ0v) is 21.9. The summed E-state index contributed by atoms with van der Waals surface area (Å²) >= 11 is 0. The van der Waals surface area contributed by atoms with Gasteiger partial charge in [-0.3, -0.25) is 0 Å². The van der Waals surface area contributed by atoms with Crippen molar-refractivity contribution in [1.82, 2.24) is 14.5 Å². The molecule has 0 saturated carbocycles. The number of guanidine groups is 1. The lowest BCUT2D eigenvalue weighted by Crippen LogP contribution is -2.47. The smallest absolute Gasteiger partial charge is 0.243 e. The molecule has 2 fully saturated rings. The van der Waals surface area contributed by atoms with Crippen LogP contribution in [0.15, 0.2) is 34.2 Å². The molecule has 7 nitrogen and oxygen atoms in total. The molecule has 0 unspecified atom stereocenters. The maximum Gasteiger partial charge on any atom is 0.243 e. The minimum absolute atomic E-state index is 0. The van der Waals surface area contributed by atoms with Crippen LogP contribution in [0.3, 0.4) is 0 Å². The number of halogens is 1. The molecule has 0 atom stereocenters. The maximum absolute atomic E-state index is 12.8. The van der Waals surface area contributed by atoms with E-state index in [1.54, 1.807) is 16.4 Å². The molecule has 0 aliphatic carbocycles. The molecule has 1 N–H and O–H groups in total. The van der Waals surface area contributed by atoms with Gasteiger partial charge in [0.25, 0.3) is 0 Å². The number of piperidine rings is 2. The van der Waals surface area contributed by atoms with Gasteiger partial charge in [0.2, 0.25) is 10.0 Å². The third-order valence-corrected chi connectivity index (χ3v) is 7.68. The van der Waals surface area contributed by atoms with Crippen molar-refractivity contribution in [2.24, 2.45) is 4.99 Å². The van der Waals surface area contributed by atoms with E-state index in [0.717, 1.165) is 69.9 Å². The Morgan fingerprint density at radius 1 is 1.06 bits per heavy atom. The van der Waals surface area contributed by atoms with Crippen LogP contribution in [0.2, 0.25) is 0 Å². The zero-order valence-electron chi connectivity index (χ0n) is 18.8. The van der Waals surface area contributed by atoms with Crippen LogP contribution < -0.4 is 5.32 Å². The van der Waals surface area contributed by atoms with Crippen molar-refractivity contribution in [1.29, 1.82) is 0 Å². The fourth-order valence-electron chi connectivity index (χ4n) is 4.08. The number of likely N-dealkylation sites (tertiary alicyclic amines) is 1. The number of hydrogen-bond acceptors (Lipinski definition) is 4. The van der Waals surface area contributed by atoms with Crippen LogP contribution >= 0.6 is 24.0 Å². The number of nitrogens with one attached hydrogen (secondary N) is 1. The molecule has 2 heterocycles. The third-order valence-electron chi connectivity index (χ3n) is 5.77. The van der Waals surface area contributed by atoms with Gasteiger partial charge in [-0.15, -0.1) is 24.0 Å². The van der Waals surface area contributed by atoms with Crippen LogP contribution in [0, 0.1) is 0 Å². The van der Waals surface area contributed by atoms with Gasteiger partial charge >= 0.3 is 0 Å². The van der Waals surface area contributed by atoms with Gasteiger partial charge in [0.05, 0.1) is 17.5 Å². The number of rotatable bonds is 7. The van der Waals surface area contributed by atoms with Gasteiger partial charge in [-0.1, -0.05) is 18.6 Å². The molecule has 9 heteroatoms. The van der Waals surface area contributed by atoms with E-state index in [-0.39, 0.29) is 24.0 Å². The number of aliphatic imine (C=N–C) groups is 1. The summed E-state index contributed by atoms with van der Waals surface area (Å²) in [6, 6.07) is 7.20. The van der Waals surface area contributed by atoms with Crippen molar-refractivity contribution in [3.63, 3.8) is 0 Å². The van der Waals surface area contributed by atoms with Crippen LogP contribution in [0.4, 0.5) is 0 Å². The van der Waals surface area contributed by atoms with Gasteiger partial charge < -0.3 is 15.0 Å². The first-order valence-electron chi connectivity index (χ1n) is 11.3. The summed E-state index contributed by atoms with van der Waals surface area (Å²) in [7, 11) is -3.38. The lowest BCUT2D eigenvalue weighted by Gasteiger charge is -2.34. The van der Waals surface area contributed by atoms with E-state index in [4.69, 9.17) is 9.73 Å². The molecule has 1 aromatic carbocycles. The second kappa shape index (κ2) is 13.0. The zero-order chi connectivity index (χ0) is 21.4. The Kier molecular flexibility index (Phi) is 11.0. The van der Waals surface area contributed by atoms with E-state index in [1.807, 2.05) is 19.1 Å². The van der Waals surface area contributed by atoms with E-state index in [9.17, 15) is 8.42 Å². The molecule has 0 bridgehead atoms. The fraction of sp³-hybridized carbons (Fsp3) is 0.682. The standard InChI is InChI=1S/C22H36N4O3S.HI/c1-3-23-22(25-16-12-20(13-17-25)29-4-2)24-18-19-8-10-21(11-9-19)30(27,28)26-14-6-5-7-15-26;/h8-11,20H,3-7,12-18H2,1-2H3,(H,23,24);1H. The predicted molar refractivity (Wildman–Crippen MR) is 136 cm³/mol. The number of sulfonamides is 1. The molecule has 0 radical (unpaired) electrons. The molecule has 31 heavy (non-hydrogen) atoms. The minimum Gasteiger partial charge on any atom is -0.378 e. The first kappa shape index (κ1) is 26.3. The van der Waals surface area contributed by atoms with E-state index in [0.29, 0.717) is 30.6 Å². The Hall–Kier alpha value is -0.910. The highest BCUT2D eigenvalue weighted by Gasteiger charge is 2.25. The third kappa shape index (κ3) is 7.30. The van der Waals surface area contributed by atoms with E-state index in [1.165, 1.54) is 0 Å². The van der Waals surface area contributed by atoms with Crippen molar-refractivity contribution in [2.75, 3.05) is 39.3 Å². The minimum atomic E-state index is -3.38. The van der Waals surface area contributed by atoms with Gasteiger partial charge in [0.15, 0.2) is 5.96 Å².